The van der Waals surface area contributed by atoms with Gasteiger partial charge in [0.2, 0.25) is 5.13 Å². The lowest BCUT2D eigenvalue weighted by Crippen LogP contribution is -2.40. The molecule has 2 rings (SSSR count). The van der Waals surface area contributed by atoms with E-state index in [0.29, 0.717) is 10.9 Å². The van der Waals surface area contributed by atoms with Gasteiger partial charge < -0.3 is 4.90 Å². The molecule has 0 spiro atoms. The standard InChI is InChI=1S/C13H22BrN3S/c1-13(2,3)11-15-12(18-16-11)17(4)10-8-6-5-7-9(10)14/h9-10H,5-8H2,1-4H3. The van der Waals surface area contributed by atoms with Crippen LogP contribution >= 0.6 is 27.5 Å². The van der Waals surface area contributed by atoms with Crippen molar-refractivity contribution in [3.63, 3.8) is 0 Å². The number of halogens is 1. The van der Waals surface area contributed by atoms with Crippen molar-refractivity contribution in [3.05, 3.63) is 5.82 Å². The molecule has 1 aromatic rings. The quantitative estimate of drug-likeness (QED) is 0.767. The number of anilines is 1. The Morgan fingerprint density at radius 2 is 1.94 bits per heavy atom. The monoisotopic (exact) mass is 331 g/mol. The summed E-state index contributed by atoms with van der Waals surface area (Å²) in [7, 11) is 2.15. The zero-order valence-corrected chi connectivity index (χ0v) is 14.0. The van der Waals surface area contributed by atoms with Crippen LogP contribution in [0.1, 0.15) is 52.3 Å². The van der Waals surface area contributed by atoms with Crippen molar-refractivity contribution in [2.45, 2.75) is 62.7 Å². The van der Waals surface area contributed by atoms with Crippen molar-refractivity contribution in [3.8, 4) is 0 Å². The van der Waals surface area contributed by atoms with Crippen LogP contribution in [-0.2, 0) is 5.41 Å². The normalized spacial score (nSPS) is 25.2. The number of alkyl halides is 1. The Morgan fingerprint density at radius 3 is 2.50 bits per heavy atom. The van der Waals surface area contributed by atoms with Gasteiger partial charge in [0, 0.05) is 34.9 Å². The fourth-order valence-corrected chi connectivity index (χ4v) is 4.12. The molecule has 2 atom stereocenters. The number of rotatable bonds is 2. The summed E-state index contributed by atoms with van der Waals surface area (Å²) in [6, 6.07) is 0.555. The van der Waals surface area contributed by atoms with Gasteiger partial charge in [0.1, 0.15) is 5.82 Å². The van der Waals surface area contributed by atoms with E-state index in [1.165, 1.54) is 37.2 Å². The third kappa shape index (κ3) is 3.05. The molecule has 1 fully saturated rings. The molecule has 5 heteroatoms. The highest BCUT2D eigenvalue weighted by molar-refractivity contribution is 9.09. The Morgan fingerprint density at radius 1 is 1.28 bits per heavy atom. The molecule has 0 amide bonds. The average Bonchev–Trinajstić information content (AvgIpc) is 2.77. The maximum atomic E-state index is 4.70. The van der Waals surface area contributed by atoms with Gasteiger partial charge in [-0.1, -0.05) is 49.5 Å². The first kappa shape index (κ1) is 14.3. The molecule has 3 nitrogen and oxygen atoms in total. The van der Waals surface area contributed by atoms with E-state index >= 15 is 0 Å². The van der Waals surface area contributed by atoms with E-state index in [2.05, 4.69) is 53.0 Å². The molecule has 102 valence electrons. The molecule has 0 saturated heterocycles. The minimum atomic E-state index is 0.0377. The predicted octanol–water partition coefficient (Wildman–Crippen LogP) is 3.98. The van der Waals surface area contributed by atoms with Gasteiger partial charge >= 0.3 is 0 Å². The van der Waals surface area contributed by atoms with Crippen molar-refractivity contribution in [1.29, 1.82) is 0 Å². The summed E-state index contributed by atoms with van der Waals surface area (Å²) in [5, 5.41) is 1.05. The molecule has 1 aliphatic carbocycles. The van der Waals surface area contributed by atoms with Crippen LogP contribution in [0, 0.1) is 0 Å². The van der Waals surface area contributed by atoms with E-state index in [-0.39, 0.29) is 5.41 Å². The zero-order valence-electron chi connectivity index (χ0n) is 11.6. The van der Waals surface area contributed by atoms with E-state index in [1.54, 1.807) is 0 Å². The van der Waals surface area contributed by atoms with Crippen LogP contribution < -0.4 is 4.90 Å². The van der Waals surface area contributed by atoms with Gasteiger partial charge in [-0.05, 0) is 12.8 Å². The summed E-state index contributed by atoms with van der Waals surface area (Å²) in [6.45, 7) is 6.48. The largest absolute Gasteiger partial charge is 0.346 e. The van der Waals surface area contributed by atoms with Crippen LogP contribution in [0.3, 0.4) is 0 Å². The first-order valence-corrected chi connectivity index (χ1v) is 8.29. The molecule has 0 N–H and O–H groups in total. The fraction of sp³-hybridized carbons (Fsp3) is 0.846. The van der Waals surface area contributed by atoms with Crippen molar-refractivity contribution in [2.24, 2.45) is 0 Å². The van der Waals surface area contributed by atoms with E-state index in [9.17, 15) is 0 Å². The van der Waals surface area contributed by atoms with E-state index in [0.717, 1.165) is 11.0 Å². The van der Waals surface area contributed by atoms with E-state index < -0.39 is 0 Å². The number of aromatic nitrogens is 2. The van der Waals surface area contributed by atoms with E-state index in [4.69, 9.17) is 4.98 Å². The lowest BCUT2D eigenvalue weighted by atomic mass is 9.94. The van der Waals surface area contributed by atoms with Crippen molar-refractivity contribution >= 4 is 32.6 Å². The number of nitrogens with zero attached hydrogens (tertiary/aromatic N) is 3. The lowest BCUT2D eigenvalue weighted by molar-refractivity contribution is 0.443. The van der Waals surface area contributed by atoms with Crippen LogP contribution in [0.25, 0.3) is 0 Å². The fourth-order valence-electron chi connectivity index (χ4n) is 2.31. The third-order valence-electron chi connectivity index (χ3n) is 3.53. The molecule has 0 bridgehead atoms. The molecule has 1 heterocycles. The molecule has 0 aliphatic heterocycles. The predicted molar refractivity (Wildman–Crippen MR) is 82.0 cm³/mol. The van der Waals surface area contributed by atoms with Gasteiger partial charge in [-0.25, -0.2) is 4.98 Å². The number of hydrogen-bond donors (Lipinski definition) is 0. The Kier molecular flexibility index (Phi) is 4.32. The molecular formula is C13H22BrN3S. The van der Waals surface area contributed by atoms with Crippen molar-refractivity contribution < 1.29 is 0 Å². The Bertz CT molecular complexity index is 399. The minimum absolute atomic E-state index is 0.0377. The zero-order chi connectivity index (χ0) is 13.3. The van der Waals surface area contributed by atoms with Crippen LogP contribution in [-0.4, -0.2) is 27.3 Å². The highest BCUT2D eigenvalue weighted by Crippen LogP contribution is 2.32. The Hall–Kier alpha value is -0.160. The van der Waals surface area contributed by atoms with Gasteiger partial charge in [0.25, 0.3) is 0 Å². The highest BCUT2D eigenvalue weighted by atomic mass is 79.9. The van der Waals surface area contributed by atoms with Gasteiger partial charge in [-0.2, -0.15) is 4.37 Å². The van der Waals surface area contributed by atoms with Crippen LogP contribution in [0.4, 0.5) is 5.13 Å². The first-order valence-electron chi connectivity index (χ1n) is 6.60. The SMILES string of the molecule is CN(c1nc(C(C)(C)C)ns1)C1CCCCC1Br. The molecule has 2 unspecified atom stereocenters. The van der Waals surface area contributed by atoms with Crippen LogP contribution in [0.2, 0.25) is 0 Å². The minimum Gasteiger partial charge on any atom is -0.346 e. The highest BCUT2D eigenvalue weighted by Gasteiger charge is 2.29. The summed E-state index contributed by atoms with van der Waals surface area (Å²) in [5.74, 6) is 0.955. The third-order valence-corrected chi connectivity index (χ3v) is 5.41. The van der Waals surface area contributed by atoms with Crippen molar-refractivity contribution in [1.82, 2.24) is 9.36 Å². The smallest absolute Gasteiger partial charge is 0.205 e. The summed E-state index contributed by atoms with van der Waals surface area (Å²) < 4.78 is 4.50. The number of hydrogen-bond acceptors (Lipinski definition) is 4. The average molecular weight is 332 g/mol. The summed E-state index contributed by atoms with van der Waals surface area (Å²) in [4.78, 5) is 7.60. The van der Waals surface area contributed by atoms with Gasteiger partial charge in [-0.15, -0.1) is 0 Å². The van der Waals surface area contributed by atoms with Crippen LogP contribution in [0.15, 0.2) is 0 Å². The summed E-state index contributed by atoms with van der Waals surface area (Å²) >= 11 is 5.34. The molecule has 1 aromatic heterocycles. The molecule has 1 saturated carbocycles. The Balaban J connectivity index is 2.13. The van der Waals surface area contributed by atoms with Gasteiger partial charge in [-0.3, -0.25) is 0 Å². The summed E-state index contributed by atoms with van der Waals surface area (Å²) in [5.41, 5.74) is 0.0377. The second kappa shape index (κ2) is 5.45. The van der Waals surface area contributed by atoms with Gasteiger partial charge in [0.05, 0.1) is 0 Å². The first-order chi connectivity index (χ1) is 8.39. The van der Waals surface area contributed by atoms with Gasteiger partial charge in [0.15, 0.2) is 0 Å². The van der Waals surface area contributed by atoms with Crippen LogP contribution in [0.5, 0.6) is 0 Å². The topological polar surface area (TPSA) is 29.0 Å². The van der Waals surface area contributed by atoms with Crippen molar-refractivity contribution in [2.75, 3.05) is 11.9 Å². The maximum absolute atomic E-state index is 4.70. The summed E-state index contributed by atoms with van der Waals surface area (Å²) in [6.07, 6.45) is 5.17. The molecule has 1 aliphatic rings. The second-order valence-electron chi connectivity index (χ2n) is 6.13. The second-order valence-corrected chi connectivity index (χ2v) is 8.04. The Labute approximate surface area is 122 Å². The lowest BCUT2D eigenvalue weighted by Gasteiger charge is -2.34. The molecular weight excluding hydrogens is 310 g/mol. The van der Waals surface area contributed by atoms with E-state index in [1.807, 2.05) is 0 Å². The molecule has 0 radical (unpaired) electrons. The molecule has 18 heavy (non-hydrogen) atoms. The molecule has 0 aromatic carbocycles. The maximum Gasteiger partial charge on any atom is 0.205 e.